The van der Waals surface area contributed by atoms with E-state index in [-0.39, 0.29) is 12.3 Å². The molecule has 0 amide bonds. The monoisotopic (exact) mass is 285 g/mol. The molecule has 1 N–H and O–H groups in total. The zero-order valence-electron chi connectivity index (χ0n) is 10.5. The molecule has 0 aromatic carbocycles. The van der Waals surface area contributed by atoms with Crippen LogP contribution >= 0.6 is 11.3 Å². The van der Waals surface area contributed by atoms with E-state index in [1.165, 1.54) is 20.4 Å². The number of thiophene rings is 1. The Morgan fingerprint density at radius 2 is 2.20 bits per heavy atom. The molecular weight excluding hydrogens is 274 g/mol. The van der Waals surface area contributed by atoms with E-state index in [1.54, 1.807) is 18.3 Å². The Morgan fingerprint density at radius 3 is 3.00 bits per heavy atom. The first-order valence-electron chi connectivity index (χ1n) is 6.00. The van der Waals surface area contributed by atoms with Crippen molar-refractivity contribution in [3.05, 3.63) is 56.8 Å². The lowest BCUT2D eigenvalue weighted by atomic mass is 10.4. The van der Waals surface area contributed by atoms with Crippen molar-refractivity contribution in [2.24, 2.45) is 0 Å². The molecule has 0 spiro atoms. The van der Waals surface area contributed by atoms with Crippen LogP contribution in [-0.4, -0.2) is 25.9 Å². The minimum absolute atomic E-state index is 0.154. The quantitative estimate of drug-likeness (QED) is 0.713. The van der Waals surface area contributed by atoms with Crippen LogP contribution in [0.25, 0.3) is 5.65 Å². The molecule has 0 saturated carbocycles. The Kier molecular flexibility index (Phi) is 3.37. The van der Waals surface area contributed by atoms with E-state index in [1.807, 2.05) is 18.2 Å². The van der Waals surface area contributed by atoms with Gasteiger partial charge in [-0.2, -0.15) is 0 Å². The Morgan fingerprint density at radius 1 is 1.30 bits per heavy atom. The van der Waals surface area contributed by atoms with Crippen LogP contribution < -0.4 is 5.69 Å². The summed E-state index contributed by atoms with van der Waals surface area (Å²) in [6, 6.07) is 9.24. The molecule has 20 heavy (non-hydrogen) atoms. The van der Waals surface area contributed by atoms with Gasteiger partial charge in [0.25, 0.3) is 0 Å². The first-order chi connectivity index (χ1) is 9.78. The van der Waals surface area contributed by atoms with Crippen molar-refractivity contribution in [2.75, 3.05) is 6.61 Å². The minimum Gasteiger partial charge on any atom is -0.384 e. The van der Waals surface area contributed by atoms with E-state index in [0.717, 1.165) is 9.75 Å². The highest BCUT2D eigenvalue weighted by atomic mass is 32.1. The summed E-state index contributed by atoms with van der Waals surface area (Å²) < 4.78 is 2.95. The molecule has 0 unspecified atom stereocenters. The number of rotatable bonds is 2. The van der Waals surface area contributed by atoms with Crippen LogP contribution in [0, 0.1) is 11.8 Å². The molecular formula is C14H11N3O2S. The van der Waals surface area contributed by atoms with Gasteiger partial charge in [-0.3, -0.25) is 4.40 Å². The molecule has 0 fully saturated rings. The number of aliphatic hydroxyl groups is 1. The SMILES string of the molecule is O=c1n(Cc2ccc(C#CCO)s2)nc2ccccn12. The van der Waals surface area contributed by atoms with Gasteiger partial charge >= 0.3 is 5.69 Å². The minimum atomic E-state index is -0.156. The van der Waals surface area contributed by atoms with Crippen LogP contribution in [0.4, 0.5) is 0 Å². The number of nitrogens with zero attached hydrogens (tertiary/aromatic N) is 3. The fraction of sp³-hybridized carbons (Fsp3) is 0.143. The van der Waals surface area contributed by atoms with Crippen LogP contribution in [-0.2, 0) is 6.54 Å². The summed E-state index contributed by atoms with van der Waals surface area (Å²) in [4.78, 5) is 14.0. The second-order valence-corrected chi connectivity index (χ2v) is 5.26. The van der Waals surface area contributed by atoms with E-state index in [2.05, 4.69) is 16.9 Å². The molecule has 5 nitrogen and oxygen atoms in total. The Bertz CT molecular complexity index is 864. The molecule has 0 aliphatic carbocycles. The Balaban J connectivity index is 1.91. The molecule has 0 atom stereocenters. The predicted octanol–water partition coefficient (Wildman–Crippen LogP) is 0.950. The van der Waals surface area contributed by atoms with Crippen molar-refractivity contribution in [2.45, 2.75) is 6.54 Å². The summed E-state index contributed by atoms with van der Waals surface area (Å²) in [6.45, 7) is 0.269. The number of aromatic nitrogens is 3. The van der Waals surface area contributed by atoms with E-state index >= 15 is 0 Å². The highest BCUT2D eigenvalue weighted by Gasteiger charge is 2.07. The summed E-state index contributed by atoms with van der Waals surface area (Å²) >= 11 is 1.49. The van der Waals surface area contributed by atoms with Gasteiger partial charge in [0, 0.05) is 11.1 Å². The van der Waals surface area contributed by atoms with E-state index in [9.17, 15) is 4.79 Å². The van der Waals surface area contributed by atoms with Gasteiger partial charge in [0.2, 0.25) is 0 Å². The van der Waals surface area contributed by atoms with Gasteiger partial charge < -0.3 is 5.11 Å². The molecule has 6 heteroatoms. The molecule has 0 bridgehead atoms. The molecule has 100 valence electrons. The van der Waals surface area contributed by atoms with Crippen LogP contribution in [0.5, 0.6) is 0 Å². The molecule has 3 heterocycles. The number of fused-ring (bicyclic) bond motifs is 1. The van der Waals surface area contributed by atoms with Gasteiger partial charge in [0.05, 0.1) is 11.4 Å². The summed E-state index contributed by atoms with van der Waals surface area (Å²) in [5, 5.41) is 12.9. The summed E-state index contributed by atoms with van der Waals surface area (Å²) in [5.41, 5.74) is 0.478. The highest BCUT2D eigenvalue weighted by molar-refractivity contribution is 7.12. The molecule has 3 aromatic rings. The van der Waals surface area contributed by atoms with Crippen molar-refractivity contribution in [3.63, 3.8) is 0 Å². The molecule has 3 rings (SSSR count). The van der Waals surface area contributed by atoms with Gasteiger partial charge in [0.1, 0.15) is 6.61 Å². The van der Waals surface area contributed by atoms with E-state index in [0.29, 0.717) is 12.2 Å². The van der Waals surface area contributed by atoms with Crippen molar-refractivity contribution < 1.29 is 5.11 Å². The third kappa shape index (κ3) is 2.37. The predicted molar refractivity (Wildman–Crippen MR) is 76.8 cm³/mol. The number of hydrogen-bond acceptors (Lipinski definition) is 4. The Labute approximate surface area is 118 Å². The number of aliphatic hydroxyl groups excluding tert-OH is 1. The molecule has 3 aromatic heterocycles. The molecule has 0 radical (unpaired) electrons. The van der Waals surface area contributed by atoms with Gasteiger partial charge in [-0.15, -0.1) is 16.4 Å². The van der Waals surface area contributed by atoms with Crippen molar-refractivity contribution in [1.82, 2.24) is 14.2 Å². The maximum absolute atomic E-state index is 12.1. The second kappa shape index (κ2) is 5.33. The second-order valence-electron chi connectivity index (χ2n) is 4.09. The first-order valence-corrected chi connectivity index (χ1v) is 6.82. The summed E-state index contributed by atoms with van der Waals surface area (Å²) in [6.07, 6.45) is 1.70. The average molecular weight is 285 g/mol. The third-order valence-corrected chi connectivity index (χ3v) is 3.73. The maximum atomic E-state index is 12.1. The summed E-state index contributed by atoms with van der Waals surface area (Å²) in [7, 11) is 0. The lowest BCUT2D eigenvalue weighted by molar-refractivity contribution is 0.350. The molecule has 0 aliphatic rings. The van der Waals surface area contributed by atoms with Crippen molar-refractivity contribution >= 4 is 17.0 Å². The first kappa shape index (κ1) is 12.7. The smallest absolute Gasteiger partial charge is 0.350 e. The zero-order valence-corrected chi connectivity index (χ0v) is 11.3. The largest absolute Gasteiger partial charge is 0.384 e. The van der Waals surface area contributed by atoms with Crippen LogP contribution in [0.2, 0.25) is 0 Å². The van der Waals surface area contributed by atoms with E-state index in [4.69, 9.17) is 5.11 Å². The molecule has 0 saturated heterocycles. The van der Waals surface area contributed by atoms with Gasteiger partial charge in [0.15, 0.2) is 5.65 Å². The lowest BCUT2D eigenvalue weighted by Crippen LogP contribution is -2.21. The van der Waals surface area contributed by atoms with Crippen LogP contribution in [0.1, 0.15) is 9.75 Å². The van der Waals surface area contributed by atoms with Gasteiger partial charge in [-0.25, -0.2) is 9.48 Å². The average Bonchev–Trinajstić information content (AvgIpc) is 3.03. The van der Waals surface area contributed by atoms with Crippen molar-refractivity contribution in [3.8, 4) is 11.8 Å². The van der Waals surface area contributed by atoms with E-state index < -0.39 is 0 Å². The number of hydrogen-bond donors (Lipinski definition) is 1. The van der Waals surface area contributed by atoms with Crippen molar-refractivity contribution in [1.29, 1.82) is 0 Å². The lowest BCUT2D eigenvalue weighted by Gasteiger charge is -1.94. The number of pyridine rings is 1. The highest BCUT2D eigenvalue weighted by Crippen LogP contribution is 2.16. The van der Waals surface area contributed by atoms with Gasteiger partial charge in [-0.05, 0) is 24.3 Å². The fourth-order valence-corrected chi connectivity index (χ4v) is 2.74. The zero-order chi connectivity index (χ0) is 13.9. The summed E-state index contributed by atoms with van der Waals surface area (Å²) in [5.74, 6) is 5.45. The standard InChI is InChI=1S/C14H11N3O2S/c18-9-3-4-11-6-7-12(20-11)10-17-14(19)16-8-2-1-5-13(16)15-17/h1-2,5-8,18H,9-10H2. The third-order valence-electron chi connectivity index (χ3n) is 2.75. The van der Waals surface area contributed by atoms with Crippen LogP contribution in [0.15, 0.2) is 41.3 Å². The normalized spacial score (nSPS) is 10.4. The van der Waals surface area contributed by atoms with Crippen LogP contribution in [0.3, 0.4) is 0 Å². The van der Waals surface area contributed by atoms with Gasteiger partial charge in [-0.1, -0.05) is 17.9 Å². The molecule has 0 aliphatic heterocycles. The topological polar surface area (TPSA) is 59.5 Å². The fourth-order valence-electron chi connectivity index (χ4n) is 1.88. The Hall–Kier alpha value is -2.36. The maximum Gasteiger partial charge on any atom is 0.350 e.